The zero-order valence-corrected chi connectivity index (χ0v) is 22.2. The Morgan fingerprint density at radius 1 is 1.29 bits per heavy atom. The van der Waals surface area contributed by atoms with Crippen molar-refractivity contribution in [1.29, 1.82) is 0 Å². The van der Waals surface area contributed by atoms with Gasteiger partial charge in [-0.05, 0) is 56.5 Å². The van der Waals surface area contributed by atoms with Crippen LogP contribution in [0.4, 0.5) is 11.6 Å². The van der Waals surface area contributed by atoms with Crippen LogP contribution in [0.3, 0.4) is 0 Å². The molecule has 0 radical (unpaired) electrons. The lowest BCUT2D eigenvalue weighted by Crippen LogP contribution is -2.48. The zero-order valence-electron chi connectivity index (χ0n) is 21.5. The van der Waals surface area contributed by atoms with Crippen molar-refractivity contribution in [3.05, 3.63) is 40.7 Å². The summed E-state index contributed by atoms with van der Waals surface area (Å²) in [6.45, 7) is 2.03. The number of anilines is 2. The smallest absolute Gasteiger partial charge is 0.274 e. The van der Waals surface area contributed by atoms with Crippen LogP contribution in [0.15, 0.2) is 24.3 Å². The molecule has 7 N–H and O–H groups in total. The summed E-state index contributed by atoms with van der Waals surface area (Å²) in [5.74, 6) is 0.227. The highest BCUT2D eigenvalue weighted by Gasteiger charge is 2.24. The van der Waals surface area contributed by atoms with Crippen LogP contribution in [-0.4, -0.2) is 95.5 Å². The summed E-state index contributed by atoms with van der Waals surface area (Å²) < 4.78 is 5.47. The predicted molar refractivity (Wildman–Crippen MR) is 144 cm³/mol. The number of amides is 2. The fraction of sp³-hybridized carbons (Fsp3) is 0.520. The summed E-state index contributed by atoms with van der Waals surface area (Å²) in [5, 5.41) is 26.4. The van der Waals surface area contributed by atoms with Crippen molar-refractivity contribution in [2.75, 3.05) is 57.5 Å². The lowest BCUT2D eigenvalue weighted by molar-refractivity contribution is -0.123. The molecule has 1 aliphatic rings. The number of hydrogen-bond acceptors (Lipinski definition) is 10. The van der Waals surface area contributed by atoms with E-state index in [0.29, 0.717) is 5.75 Å². The van der Waals surface area contributed by atoms with Gasteiger partial charge in [0.15, 0.2) is 29.1 Å². The molecule has 1 aliphatic heterocycles. The lowest BCUT2D eigenvalue weighted by Gasteiger charge is -2.33. The van der Waals surface area contributed by atoms with Crippen LogP contribution in [0.2, 0.25) is 5.15 Å². The first-order valence-electron chi connectivity index (χ1n) is 12.6. The van der Waals surface area contributed by atoms with Crippen LogP contribution in [0.1, 0.15) is 35.3 Å². The topological polar surface area (TPSA) is 175 Å². The van der Waals surface area contributed by atoms with Crippen molar-refractivity contribution in [2.45, 2.75) is 37.8 Å². The van der Waals surface area contributed by atoms with Gasteiger partial charge in [0.05, 0.1) is 12.7 Å². The first kappa shape index (κ1) is 29.4. The van der Waals surface area contributed by atoms with E-state index in [1.807, 2.05) is 24.3 Å². The Balaban J connectivity index is 1.40. The number of likely N-dealkylation sites (tertiary alicyclic amines) is 1. The molecule has 1 fully saturated rings. The van der Waals surface area contributed by atoms with Gasteiger partial charge >= 0.3 is 0 Å². The van der Waals surface area contributed by atoms with Gasteiger partial charge in [0.1, 0.15) is 5.75 Å². The summed E-state index contributed by atoms with van der Waals surface area (Å²) in [6.07, 6.45) is 2.73. The monoisotopic (exact) mass is 549 g/mol. The molecule has 12 nitrogen and oxygen atoms in total. The highest BCUT2D eigenvalue weighted by atomic mass is 35.5. The minimum Gasteiger partial charge on any atom is -0.484 e. The average molecular weight is 550 g/mol. The van der Waals surface area contributed by atoms with Crippen LogP contribution in [0.25, 0.3) is 0 Å². The standard InChI is InChI=1S/C25H36ClN7O5/c1-28-24-21(31-22(26)23(27)32-24)25(37)30-17-5-3-11-33(13-17)10-2-4-16-6-8-19(9-7-16)38-15-20(36)29-12-18(35)14-34/h6-9,17-18,34-35H,2-5,10-15H2,1H3,(H,29,36)(H,30,37)(H3,27,28,32). The molecule has 1 aromatic carbocycles. The third-order valence-corrected chi connectivity index (χ3v) is 6.43. The number of nitrogens with two attached hydrogens (primary N) is 1. The number of aryl methyl sites for hydroxylation is 1. The second-order valence-corrected chi connectivity index (χ2v) is 9.49. The maximum absolute atomic E-state index is 12.8. The van der Waals surface area contributed by atoms with Crippen LogP contribution >= 0.6 is 11.6 Å². The predicted octanol–water partition coefficient (Wildman–Crippen LogP) is 0.429. The molecule has 2 unspecified atom stereocenters. The minimum atomic E-state index is -0.983. The first-order chi connectivity index (χ1) is 18.3. The van der Waals surface area contributed by atoms with Crippen molar-refractivity contribution in [1.82, 2.24) is 25.5 Å². The second-order valence-electron chi connectivity index (χ2n) is 9.14. The molecule has 38 heavy (non-hydrogen) atoms. The minimum absolute atomic E-state index is 0.000352. The molecule has 0 saturated carbocycles. The van der Waals surface area contributed by atoms with E-state index >= 15 is 0 Å². The Morgan fingerprint density at radius 3 is 2.76 bits per heavy atom. The molecule has 2 atom stereocenters. The van der Waals surface area contributed by atoms with Gasteiger partial charge in [0.2, 0.25) is 0 Å². The molecule has 0 aliphatic carbocycles. The fourth-order valence-corrected chi connectivity index (χ4v) is 4.27. The van der Waals surface area contributed by atoms with E-state index in [1.54, 1.807) is 7.05 Å². The van der Waals surface area contributed by atoms with E-state index in [4.69, 9.17) is 27.2 Å². The molecule has 0 bridgehead atoms. The third-order valence-electron chi connectivity index (χ3n) is 6.15. The summed E-state index contributed by atoms with van der Waals surface area (Å²) in [6, 6.07) is 7.59. The van der Waals surface area contributed by atoms with Gasteiger partial charge in [0.25, 0.3) is 11.8 Å². The van der Waals surface area contributed by atoms with Crippen molar-refractivity contribution in [2.24, 2.45) is 0 Å². The van der Waals surface area contributed by atoms with Crippen LogP contribution in [0.5, 0.6) is 5.75 Å². The molecule has 208 valence electrons. The number of benzene rings is 1. The third kappa shape index (κ3) is 8.98. The molecule has 3 rings (SSSR count). The number of aliphatic hydroxyl groups is 2. The lowest BCUT2D eigenvalue weighted by atomic mass is 10.0. The largest absolute Gasteiger partial charge is 0.484 e. The van der Waals surface area contributed by atoms with Gasteiger partial charge in [-0.3, -0.25) is 9.59 Å². The zero-order chi connectivity index (χ0) is 27.5. The highest BCUT2D eigenvalue weighted by molar-refractivity contribution is 6.31. The van der Waals surface area contributed by atoms with Gasteiger partial charge in [-0.1, -0.05) is 23.7 Å². The number of nitrogens with zero attached hydrogens (tertiary/aromatic N) is 3. The Morgan fingerprint density at radius 2 is 2.05 bits per heavy atom. The number of ether oxygens (including phenoxy) is 1. The molecule has 2 amide bonds. The van der Waals surface area contributed by atoms with Crippen molar-refractivity contribution in [3.8, 4) is 5.75 Å². The Labute approximate surface area is 226 Å². The number of nitrogen functional groups attached to an aromatic ring is 1. The number of carbonyl (C=O) groups is 2. The van der Waals surface area contributed by atoms with E-state index in [-0.39, 0.29) is 53.5 Å². The summed E-state index contributed by atoms with van der Waals surface area (Å²) >= 11 is 5.97. The number of carbonyl (C=O) groups excluding carboxylic acids is 2. The van der Waals surface area contributed by atoms with E-state index in [2.05, 4.69) is 30.8 Å². The van der Waals surface area contributed by atoms with E-state index in [9.17, 15) is 14.7 Å². The fourth-order valence-electron chi connectivity index (χ4n) is 4.15. The Bertz CT molecular complexity index is 1070. The van der Waals surface area contributed by atoms with Crippen molar-refractivity contribution in [3.63, 3.8) is 0 Å². The number of nitrogens with one attached hydrogen (secondary N) is 3. The molecule has 2 aromatic rings. The van der Waals surface area contributed by atoms with Crippen LogP contribution < -0.4 is 26.4 Å². The van der Waals surface area contributed by atoms with E-state index in [1.165, 1.54) is 0 Å². The number of aliphatic hydroxyl groups excluding tert-OH is 2. The molecule has 2 heterocycles. The van der Waals surface area contributed by atoms with Gasteiger partial charge in [-0.2, -0.15) is 0 Å². The molecule has 13 heteroatoms. The van der Waals surface area contributed by atoms with E-state index < -0.39 is 12.7 Å². The Hall–Kier alpha value is -3.19. The number of aromatic nitrogens is 2. The van der Waals surface area contributed by atoms with Crippen molar-refractivity contribution < 1.29 is 24.5 Å². The summed E-state index contributed by atoms with van der Waals surface area (Å²) in [5.41, 5.74) is 6.98. The number of piperidine rings is 1. The van der Waals surface area contributed by atoms with Gasteiger partial charge in [-0.25, -0.2) is 9.97 Å². The molecular formula is C25H36ClN7O5. The normalized spacial score (nSPS) is 16.5. The van der Waals surface area contributed by atoms with Crippen LogP contribution in [0, 0.1) is 0 Å². The number of hydrogen-bond donors (Lipinski definition) is 6. The SMILES string of the molecule is CNc1nc(N)c(Cl)nc1C(=O)NC1CCCN(CCCc2ccc(OCC(=O)NCC(O)CO)cc2)C1. The summed E-state index contributed by atoms with van der Waals surface area (Å²) in [7, 11) is 1.64. The quantitative estimate of drug-likeness (QED) is 0.205. The maximum atomic E-state index is 12.8. The summed E-state index contributed by atoms with van der Waals surface area (Å²) in [4.78, 5) is 35.1. The highest BCUT2D eigenvalue weighted by Crippen LogP contribution is 2.20. The maximum Gasteiger partial charge on any atom is 0.274 e. The first-order valence-corrected chi connectivity index (χ1v) is 13.0. The average Bonchev–Trinajstić information content (AvgIpc) is 2.92. The van der Waals surface area contributed by atoms with Gasteiger partial charge < -0.3 is 41.5 Å². The van der Waals surface area contributed by atoms with Crippen molar-refractivity contribution >= 4 is 35.1 Å². The molecular weight excluding hydrogens is 514 g/mol. The van der Waals surface area contributed by atoms with E-state index in [0.717, 1.165) is 50.9 Å². The number of rotatable bonds is 13. The Kier molecular flexibility index (Phi) is 11.3. The molecule has 1 saturated heterocycles. The van der Waals surface area contributed by atoms with Crippen LogP contribution in [-0.2, 0) is 11.2 Å². The molecule has 0 spiro atoms. The molecule has 1 aromatic heterocycles. The second kappa shape index (κ2) is 14.7. The van der Waals surface area contributed by atoms with Gasteiger partial charge in [-0.15, -0.1) is 0 Å². The van der Waals surface area contributed by atoms with Gasteiger partial charge in [0, 0.05) is 26.2 Å². The number of halogens is 1.